The van der Waals surface area contributed by atoms with E-state index in [4.69, 9.17) is 10.5 Å². The Kier molecular flexibility index (Phi) is 5.65. The van der Waals surface area contributed by atoms with Gasteiger partial charge in [-0.15, -0.1) is 0 Å². The average molecular weight is 214 g/mol. The molecule has 0 radical (unpaired) electrons. The fraction of sp³-hybridized carbons (Fsp3) is 0.909. The van der Waals surface area contributed by atoms with Gasteiger partial charge in [0.15, 0.2) is 0 Å². The molecule has 0 saturated carbocycles. The molecule has 3 N–H and O–H groups in total. The third-order valence-corrected chi connectivity index (χ3v) is 2.79. The Balaban J connectivity index is 2.16. The molecule has 88 valence electrons. The first-order valence-corrected chi connectivity index (χ1v) is 5.85. The zero-order chi connectivity index (χ0) is 11.1. The summed E-state index contributed by atoms with van der Waals surface area (Å²) in [6.45, 7) is 4.11. The van der Waals surface area contributed by atoms with Crippen molar-refractivity contribution in [1.29, 1.82) is 0 Å². The summed E-state index contributed by atoms with van der Waals surface area (Å²) in [7, 11) is 0. The van der Waals surface area contributed by atoms with Crippen LogP contribution in [0.25, 0.3) is 0 Å². The molecule has 1 aliphatic heterocycles. The first-order chi connectivity index (χ1) is 7.24. The molecule has 1 atom stereocenters. The van der Waals surface area contributed by atoms with Gasteiger partial charge >= 0.3 is 0 Å². The van der Waals surface area contributed by atoms with Crippen LogP contribution in [0.5, 0.6) is 0 Å². The highest BCUT2D eigenvalue weighted by Crippen LogP contribution is 2.14. The van der Waals surface area contributed by atoms with E-state index in [2.05, 4.69) is 12.2 Å². The molecule has 1 aliphatic rings. The molecule has 1 rings (SSSR count). The number of nitrogens with two attached hydrogens (primary N) is 1. The molecule has 0 spiro atoms. The monoisotopic (exact) mass is 214 g/mol. The topological polar surface area (TPSA) is 64.3 Å². The predicted molar refractivity (Wildman–Crippen MR) is 59.4 cm³/mol. The van der Waals surface area contributed by atoms with Gasteiger partial charge in [0.1, 0.15) is 0 Å². The highest BCUT2D eigenvalue weighted by molar-refractivity contribution is 5.78. The molecular formula is C11H22N2O2. The fourth-order valence-corrected chi connectivity index (χ4v) is 1.81. The highest BCUT2D eigenvalue weighted by atomic mass is 16.5. The quantitative estimate of drug-likeness (QED) is 0.706. The van der Waals surface area contributed by atoms with Crippen LogP contribution in [0.3, 0.4) is 0 Å². The Morgan fingerprint density at radius 2 is 2.20 bits per heavy atom. The van der Waals surface area contributed by atoms with Crippen molar-refractivity contribution >= 4 is 5.91 Å². The number of carbonyl (C=O) groups is 1. The Bertz CT molecular complexity index is 191. The van der Waals surface area contributed by atoms with Crippen molar-refractivity contribution in [3.63, 3.8) is 0 Å². The van der Waals surface area contributed by atoms with Crippen LogP contribution in [0.1, 0.15) is 32.6 Å². The van der Waals surface area contributed by atoms with Gasteiger partial charge in [-0.05, 0) is 19.3 Å². The van der Waals surface area contributed by atoms with Crippen LogP contribution in [-0.2, 0) is 9.53 Å². The van der Waals surface area contributed by atoms with Gasteiger partial charge < -0.3 is 15.8 Å². The van der Waals surface area contributed by atoms with Crippen molar-refractivity contribution in [2.24, 2.45) is 11.7 Å². The number of rotatable bonds is 5. The first-order valence-electron chi connectivity index (χ1n) is 5.85. The van der Waals surface area contributed by atoms with Crippen LogP contribution < -0.4 is 11.1 Å². The van der Waals surface area contributed by atoms with E-state index in [0.717, 1.165) is 25.7 Å². The number of nitrogens with one attached hydrogen (secondary N) is 1. The molecule has 1 unspecified atom stereocenters. The van der Waals surface area contributed by atoms with E-state index < -0.39 is 0 Å². The molecule has 0 bridgehead atoms. The summed E-state index contributed by atoms with van der Waals surface area (Å²) < 4.78 is 5.21. The van der Waals surface area contributed by atoms with Gasteiger partial charge in [-0.3, -0.25) is 4.79 Å². The standard InChI is InChI=1S/C11H22N2O2/c1-2-3-10(12)8-13-11(14)9-4-6-15-7-5-9/h9-10H,2-8,12H2,1H3,(H,13,14). The third kappa shape index (κ3) is 4.62. The number of ether oxygens (including phenoxy) is 1. The maximum absolute atomic E-state index is 11.7. The van der Waals surface area contributed by atoms with Gasteiger partial charge in [0.05, 0.1) is 0 Å². The third-order valence-electron chi connectivity index (χ3n) is 2.79. The molecule has 4 heteroatoms. The van der Waals surface area contributed by atoms with Crippen LogP contribution >= 0.6 is 0 Å². The normalized spacial score (nSPS) is 19.9. The van der Waals surface area contributed by atoms with Crippen molar-refractivity contribution in [1.82, 2.24) is 5.32 Å². The molecule has 0 aromatic rings. The summed E-state index contributed by atoms with van der Waals surface area (Å²) in [5.74, 6) is 0.275. The SMILES string of the molecule is CCCC(N)CNC(=O)C1CCOCC1. The second-order valence-electron chi connectivity index (χ2n) is 4.18. The second kappa shape index (κ2) is 6.80. The highest BCUT2D eigenvalue weighted by Gasteiger charge is 2.21. The van der Waals surface area contributed by atoms with Crippen molar-refractivity contribution < 1.29 is 9.53 Å². The van der Waals surface area contributed by atoms with E-state index in [0.29, 0.717) is 19.8 Å². The Morgan fingerprint density at radius 3 is 2.80 bits per heavy atom. The van der Waals surface area contributed by atoms with Gasteiger partial charge in [-0.1, -0.05) is 13.3 Å². The molecule has 0 aromatic carbocycles. The number of hydrogen-bond donors (Lipinski definition) is 2. The van der Waals surface area contributed by atoms with Crippen LogP contribution in [-0.4, -0.2) is 31.7 Å². The Labute approximate surface area is 91.5 Å². The van der Waals surface area contributed by atoms with E-state index in [-0.39, 0.29) is 17.9 Å². The van der Waals surface area contributed by atoms with Crippen LogP contribution in [0, 0.1) is 5.92 Å². The summed E-state index contributed by atoms with van der Waals surface area (Å²) in [4.78, 5) is 11.7. The molecule has 15 heavy (non-hydrogen) atoms. The summed E-state index contributed by atoms with van der Waals surface area (Å²) in [6.07, 6.45) is 3.71. The van der Waals surface area contributed by atoms with E-state index >= 15 is 0 Å². The zero-order valence-corrected chi connectivity index (χ0v) is 9.50. The minimum atomic E-state index is 0.0961. The van der Waals surface area contributed by atoms with Crippen molar-refractivity contribution in [3.05, 3.63) is 0 Å². The first kappa shape index (κ1) is 12.5. The number of amides is 1. The summed E-state index contributed by atoms with van der Waals surface area (Å²) >= 11 is 0. The molecule has 4 nitrogen and oxygen atoms in total. The van der Waals surface area contributed by atoms with E-state index in [9.17, 15) is 4.79 Å². The van der Waals surface area contributed by atoms with Gasteiger partial charge in [-0.2, -0.15) is 0 Å². The molecule has 0 aromatic heterocycles. The summed E-state index contributed by atoms with van der Waals surface area (Å²) in [5, 5.41) is 2.92. The van der Waals surface area contributed by atoms with E-state index in [1.165, 1.54) is 0 Å². The van der Waals surface area contributed by atoms with Crippen molar-refractivity contribution in [2.75, 3.05) is 19.8 Å². The molecule has 1 fully saturated rings. The van der Waals surface area contributed by atoms with E-state index in [1.807, 2.05) is 0 Å². The lowest BCUT2D eigenvalue weighted by Gasteiger charge is -2.22. The fourth-order valence-electron chi connectivity index (χ4n) is 1.81. The average Bonchev–Trinajstić information content (AvgIpc) is 2.27. The predicted octanol–water partition coefficient (Wildman–Crippen LogP) is 0.657. The largest absolute Gasteiger partial charge is 0.381 e. The van der Waals surface area contributed by atoms with Crippen LogP contribution in [0.15, 0.2) is 0 Å². The zero-order valence-electron chi connectivity index (χ0n) is 9.50. The lowest BCUT2D eigenvalue weighted by molar-refractivity contribution is -0.127. The maximum atomic E-state index is 11.7. The molecular weight excluding hydrogens is 192 g/mol. The number of carbonyl (C=O) groups excluding carboxylic acids is 1. The van der Waals surface area contributed by atoms with Gasteiger partial charge in [0.25, 0.3) is 0 Å². The molecule has 0 aliphatic carbocycles. The second-order valence-corrected chi connectivity index (χ2v) is 4.18. The van der Waals surface area contributed by atoms with E-state index in [1.54, 1.807) is 0 Å². The van der Waals surface area contributed by atoms with Gasteiger partial charge in [0.2, 0.25) is 5.91 Å². The molecule has 1 saturated heterocycles. The van der Waals surface area contributed by atoms with Crippen molar-refractivity contribution in [3.8, 4) is 0 Å². The molecule has 1 amide bonds. The van der Waals surface area contributed by atoms with Crippen molar-refractivity contribution in [2.45, 2.75) is 38.6 Å². The smallest absolute Gasteiger partial charge is 0.223 e. The van der Waals surface area contributed by atoms with Crippen LogP contribution in [0.4, 0.5) is 0 Å². The minimum absolute atomic E-state index is 0.0961. The Morgan fingerprint density at radius 1 is 1.53 bits per heavy atom. The Hall–Kier alpha value is -0.610. The lowest BCUT2D eigenvalue weighted by atomic mass is 9.99. The summed E-state index contributed by atoms with van der Waals surface area (Å²) in [5.41, 5.74) is 5.82. The van der Waals surface area contributed by atoms with Gasteiger partial charge in [0, 0.05) is 31.7 Å². The lowest BCUT2D eigenvalue weighted by Crippen LogP contribution is -2.41. The maximum Gasteiger partial charge on any atom is 0.223 e. The summed E-state index contributed by atoms with van der Waals surface area (Å²) in [6, 6.07) is 0.0961. The van der Waals surface area contributed by atoms with Crippen LogP contribution in [0.2, 0.25) is 0 Å². The number of hydrogen-bond acceptors (Lipinski definition) is 3. The molecule has 1 heterocycles. The van der Waals surface area contributed by atoms with Gasteiger partial charge in [-0.25, -0.2) is 0 Å². The minimum Gasteiger partial charge on any atom is -0.381 e.